The van der Waals surface area contributed by atoms with Gasteiger partial charge in [-0.3, -0.25) is 14.2 Å². The van der Waals surface area contributed by atoms with Gasteiger partial charge in [0.2, 0.25) is 19.2 Å². The van der Waals surface area contributed by atoms with Gasteiger partial charge in [0, 0.05) is 46.9 Å². The first kappa shape index (κ1) is 42.4. The minimum Gasteiger partial charge on any atom is -0.497 e. The molecule has 57 heavy (non-hydrogen) atoms. The van der Waals surface area contributed by atoms with E-state index in [-0.39, 0.29) is 31.5 Å². The molecule has 1 saturated heterocycles. The summed E-state index contributed by atoms with van der Waals surface area (Å²) in [7, 11) is -2.35. The molecule has 2 aliphatic carbocycles. The Kier molecular flexibility index (Phi) is 12.3. The molecule has 1 aliphatic heterocycles. The standard InChI is InChI=1S/C41H57N6O8PS/c1-10-25-20-41(25,56(51,52)24(4)5)46-36(48)33-18-28(21-47(33)37(49)35(40(6,7)8)45-39(50)55-26-13-11-12-14-26)54-34-19-31(32-22-57-38(44-32)42-23(2)3)43-30-17-27(53-9)15-16-29(30)34/h10,15-17,19,22-26,28,33,35H,1,11-14,18,20-21H2,2-9H3,(H,42,44)(H,45,50)(H,46,48)(H,51,52)/t25-,28-,33+,35?,41+/m1/s1. The number of nitrogens with one attached hydrogen (secondary N) is 3. The number of anilines is 1. The second kappa shape index (κ2) is 16.6. The van der Waals surface area contributed by atoms with E-state index < -0.39 is 65.7 Å². The van der Waals surface area contributed by atoms with Crippen LogP contribution in [0.25, 0.3) is 22.3 Å². The Morgan fingerprint density at radius 3 is 2.42 bits per heavy atom. The summed E-state index contributed by atoms with van der Waals surface area (Å²) in [4.78, 5) is 64.8. The van der Waals surface area contributed by atoms with E-state index in [0.29, 0.717) is 33.8 Å². The van der Waals surface area contributed by atoms with Gasteiger partial charge in [-0.2, -0.15) is 0 Å². The highest BCUT2D eigenvalue weighted by Crippen LogP contribution is 2.71. The fraction of sp³-hybridized carbons (Fsp3) is 0.585. The van der Waals surface area contributed by atoms with Gasteiger partial charge in [-0.05, 0) is 63.5 Å². The number of carbonyl (C=O) groups is 3. The Balaban J connectivity index is 1.35. The average molecular weight is 825 g/mol. The van der Waals surface area contributed by atoms with Crippen LogP contribution >= 0.6 is 18.7 Å². The summed E-state index contributed by atoms with van der Waals surface area (Å²) in [5.41, 5.74) is 0.414. The number of hydrogen-bond acceptors (Lipinski definition) is 11. The third kappa shape index (κ3) is 8.95. The fourth-order valence-electron chi connectivity index (χ4n) is 7.82. The quantitative estimate of drug-likeness (QED) is 0.0945. The molecular weight excluding hydrogens is 768 g/mol. The molecular formula is C41H57N6O8PS. The van der Waals surface area contributed by atoms with E-state index in [4.69, 9.17) is 24.2 Å². The zero-order valence-electron chi connectivity index (χ0n) is 34.2. The van der Waals surface area contributed by atoms with Crippen molar-refractivity contribution in [2.45, 2.75) is 128 Å². The molecule has 14 nitrogen and oxygen atoms in total. The molecule has 0 radical (unpaired) electrons. The van der Waals surface area contributed by atoms with Crippen molar-refractivity contribution in [1.29, 1.82) is 0 Å². The summed E-state index contributed by atoms with van der Waals surface area (Å²) in [6.45, 7) is 16.7. The molecule has 6 rings (SSSR count). The number of nitrogens with zero attached hydrogens (tertiary/aromatic N) is 3. The number of ether oxygens (including phenoxy) is 3. The number of carbonyl (C=O) groups excluding carboxylic acids is 3. The van der Waals surface area contributed by atoms with Crippen molar-refractivity contribution >= 4 is 52.6 Å². The van der Waals surface area contributed by atoms with Crippen LogP contribution in [0.5, 0.6) is 11.5 Å². The van der Waals surface area contributed by atoms with Gasteiger partial charge in [-0.25, -0.2) is 14.8 Å². The largest absolute Gasteiger partial charge is 0.497 e. The van der Waals surface area contributed by atoms with E-state index in [1.807, 2.05) is 58.2 Å². The highest BCUT2D eigenvalue weighted by molar-refractivity contribution is 7.60. The van der Waals surface area contributed by atoms with Crippen molar-refractivity contribution in [3.8, 4) is 22.9 Å². The molecule has 310 valence electrons. The Morgan fingerprint density at radius 1 is 1.09 bits per heavy atom. The van der Waals surface area contributed by atoms with Crippen LogP contribution in [0.1, 0.15) is 87.0 Å². The summed E-state index contributed by atoms with van der Waals surface area (Å²) >= 11 is 1.46. The second-order valence-corrected chi connectivity index (χ2v) is 21.1. The van der Waals surface area contributed by atoms with Gasteiger partial charge in [0.05, 0.1) is 24.9 Å². The van der Waals surface area contributed by atoms with Crippen molar-refractivity contribution in [2.75, 3.05) is 19.0 Å². The molecule has 3 aliphatic rings. The fourth-order valence-corrected chi connectivity index (χ4v) is 10.9. The number of hydrogen-bond donors (Lipinski definition) is 4. The number of fused-ring (bicyclic) bond motifs is 1. The van der Waals surface area contributed by atoms with Crippen molar-refractivity contribution in [1.82, 2.24) is 25.5 Å². The molecule has 2 saturated carbocycles. The number of pyridine rings is 1. The van der Waals surface area contributed by atoms with Crippen molar-refractivity contribution in [3.63, 3.8) is 0 Å². The lowest BCUT2D eigenvalue weighted by Gasteiger charge is -2.36. The normalized spacial score (nSPS) is 23.9. The highest BCUT2D eigenvalue weighted by atomic mass is 32.1. The third-order valence-electron chi connectivity index (χ3n) is 11.1. The number of alkyl carbamates (subject to hydrolysis) is 1. The van der Waals surface area contributed by atoms with Gasteiger partial charge >= 0.3 is 6.09 Å². The zero-order chi connectivity index (χ0) is 41.4. The number of rotatable bonds is 14. The van der Waals surface area contributed by atoms with Crippen LogP contribution in [0, 0.1) is 11.3 Å². The lowest BCUT2D eigenvalue weighted by molar-refractivity contribution is -0.142. The number of aromatic nitrogens is 2. The van der Waals surface area contributed by atoms with E-state index >= 15 is 0 Å². The van der Waals surface area contributed by atoms with Gasteiger partial charge in [0.1, 0.15) is 46.8 Å². The average Bonchev–Trinajstić information content (AvgIpc) is 3.55. The van der Waals surface area contributed by atoms with Gasteiger partial charge in [0.25, 0.3) is 0 Å². The molecule has 1 aromatic carbocycles. The maximum atomic E-state index is 14.7. The number of likely N-dealkylation sites (tertiary alicyclic amines) is 1. The summed E-state index contributed by atoms with van der Waals surface area (Å²) in [6.07, 6.45) is 3.81. The first-order valence-corrected chi connectivity index (χ1v) is 22.4. The minimum absolute atomic E-state index is 0.00380. The summed E-state index contributed by atoms with van der Waals surface area (Å²) < 4.78 is 31.8. The van der Waals surface area contributed by atoms with Crippen molar-refractivity contribution in [2.24, 2.45) is 11.3 Å². The molecule has 0 bridgehead atoms. The van der Waals surface area contributed by atoms with E-state index in [1.54, 1.807) is 33.1 Å². The highest BCUT2D eigenvalue weighted by Gasteiger charge is 2.66. The molecule has 2 aromatic heterocycles. The first-order valence-electron chi connectivity index (χ1n) is 19.8. The van der Waals surface area contributed by atoms with Gasteiger partial charge in [0.15, 0.2) is 5.13 Å². The molecule has 3 amide bonds. The van der Waals surface area contributed by atoms with Crippen molar-refractivity contribution in [3.05, 3.63) is 42.3 Å². The van der Waals surface area contributed by atoms with Crippen LogP contribution in [0.4, 0.5) is 9.93 Å². The molecule has 2 unspecified atom stereocenters. The third-order valence-corrected chi connectivity index (χ3v) is 15.1. The van der Waals surface area contributed by atoms with E-state index in [1.165, 1.54) is 16.2 Å². The molecule has 6 atom stereocenters. The maximum Gasteiger partial charge on any atom is 0.408 e. The topological polar surface area (TPSA) is 181 Å². The number of thiazole rings is 1. The van der Waals surface area contributed by atoms with Crippen LogP contribution in [0.2, 0.25) is 0 Å². The Hall–Kier alpha value is -4.20. The first-order chi connectivity index (χ1) is 26.9. The molecule has 4 N–H and O–H groups in total. The lowest BCUT2D eigenvalue weighted by Crippen LogP contribution is -2.58. The van der Waals surface area contributed by atoms with E-state index in [2.05, 4.69) is 22.5 Å². The molecule has 3 heterocycles. The Bertz CT molecular complexity index is 2040. The van der Waals surface area contributed by atoms with Crippen LogP contribution in [0.3, 0.4) is 0 Å². The second-order valence-electron chi connectivity index (χ2n) is 17.1. The summed E-state index contributed by atoms with van der Waals surface area (Å²) in [5, 5.41) is 11.0. The number of amides is 3. The van der Waals surface area contributed by atoms with Crippen LogP contribution < -0.4 is 25.4 Å². The molecule has 0 spiro atoms. The summed E-state index contributed by atoms with van der Waals surface area (Å²) in [6, 6.07) is 5.31. The summed E-state index contributed by atoms with van der Waals surface area (Å²) in [5.74, 6) is -0.400. The maximum absolute atomic E-state index is 14.7. The van der Waals surface area contributed by atoms with Crippen molar-refractivity contribution < 1.29 is 38.1 Å². The predicted molar refractivity (Wildman–Crippen MR) is 222 cm³/mol. The number of methoxy groups -OCH3 is 1. The molecule has 16 heteroatoms. The SMILES string of the molecule is C=C[C@@H]1C[C@]1(NC(=O)[C@@H]1C[C@@H](Oc2cc(-c3csc(NC(C)C)n3)nc3cc(OC)ccc23)CN1C(=O)C(NC(=O)OC1CCCC1)C(C)(C)C)P(=O)(O)C(C)C. The van der Waals surface area contributed by atoms with Gasteiger partial charge in [-0.15, -0.1) is 17.9 Å². The molecule has 3 fully saturated rings. The van der Waals surface area contributed by atoms with E-state index in [9.17, 15) is 23.8 Å². The monoisotopic (exact) mass is 824 g/mol. The van der Waals surface area contributed by atoms with E-state index in [0.717, 1.165) is 30.8 Å². The lowest BCUT2D eigenvalue weighted by atomic mass is 9.85. The van der Waals surface area contributed by atoms with Crippen LogP contribution in [0.15, 0.2) is 42.3 Å². The van der Waals surface area contributed by atoms with Gasteiger partial charge in [-0.1, -0.05) is 40.7 Å². The molecule has 3 aromatic rings. The zero-order valence-corrected chi connectivity index (χ0v) is 35.9. The van der Waals surface area contributed by atoms with Crippen LogP contribution in [-0.4, -0.2) is 92.6 Å². The van der Waals surface area contributed by atoms with Gasteiger partial charge < -0.3 is 40.0 Å². The Labute approximate surface area is 339 Å². The minimum atomic E-state index is -3.93. The van der Waals surface area contributed by atoms with Crippen LogP contribution in [-0.2, 0) is 18.9 Å². The smallest absolute Gasteiger partial charge is 0.408 e. The Morgan fingerprint density at radius 2 is 1.81 bits per heavy atom. The predicted octanol–water partition coefficient (Wildman–Crippen LogP) is 7.32. The number of benzene rings is 1.